The number of allylic oxidation sites excluding steroid dienone is 1. The Morgan fingerprint density at radius 2 is 1.84 bits per heavy atom. The molecule has 5 rings (SSSR count). The van der Waals surface area contributed by atoms with Gasteiger partial charge in [-0.3, -0.25) is 9.36 Å². The number of carbonyl (C=O) groups is 1. The molecule has 0 saturated carbocycles. The second kappa shape index (κ2) is 10.7. The molecule has 4 aromatic rings. The van der Waals surface area contributed by atoms with E-state index in [2.05, 4.69) is 4.99 Å². The van der Waals surface area contributed by atoms with Crippen LogP contribution >= 0.6 is 22.7 Å². The van der Waals surface area contributed by atoms with E-state index >= 15 is 0 Å². The fourth-order valence-electron chi connectivity index (χ4n) is 4.13. The van der Waals surface area contributed by atoms with Crippen LogP contribution in [0.25, 0.3) is 6.08 Å². The Balaban J connectivity index is 1.48. The molecule has 0 aliphatic carbocycles. The molecule has 0 fully saturated rings. The number of thiazole rings is 1. The normalized spacial score (nSPS) is 15.5. The summed E-state index contributed by atoms with van der Waals surface area (Å²) in [5, 5.41) is 1.94. The fourth-order valence-corrected chi connectivity index (χ4v) is 6.00. The lowest BCUT2D eigenvalue weighted by atomic mass is 10.0. The molecule has 37 heavy (non-hydrogen) atoms. The predicted octanol–water partition coefficient (Wildman–Crippen LogP) is 4.83. The Labute approximate surface area is 222 Å². The van der Waals surface area contributed by atoms with E-state index in [1.807, 2.05) is 78.2 Å². The van der Waals surface area contributed by atoms with Gasteiger partial charge in [0.2, 0.25) is 0 Å². The van der Waals surface area contributed by atoms with Gasteiger partial charge in [-0.2, -0.15) is 0 Å². The molecule has 0 amide bonds. The smallest absolute Gasteiger partial charge is 0.338 e. The molecule has 1 atom stereocenters. The van der Waals surface area contributed by atoms with Crippen molar-refractivity contribution in [2.45, 2.75) is 39.5 Å². The predicted molar refractivity (Wildman–Crippen MR) is 147 cm³/mol. The number of ether oxygens (including phenoxy) is 2. The standard InChI is InChI=1S/C29H26N2O4S2/c1-18(2)35-28(33)25-19(3)30-29-31(26(25)23-10-7-15-36-23)27(32)24(37-29)16-20-11-13-22(14-12-20)34-17-21-8-5-4-6-9-21/h4-16,18,26H,17H2,1-3H3/b24-16-. The molecule has 0 N–H and O–H groups in total. The molecule has 1 aliphatic heterocycles. The zero-order valence-electron chi connectivity index (χ0n) is 20.7. The van der Waals surface area contributed by atoms with Crippen molar-refractivity contribution < 1.29 is 14.3 Å². The van der Waals surface area contributed by atoms with E-state index in [0.29, 0.717) is 27.2 Å². The van der Waals surface area contributed by atoms with Gasteiger partial charge in [0.15, 0.2) is 4.80 Å². The Morgan fingerprint density at radius 3 is 2.51 bits per heavy atom. The van der Waals surface area contributed by atoms with Crippen LogP contribution in [-0.2, 0) is 16.1 Å². The van der Waals surface area contributed by atoms with E-state index in [9.17, 15) is 9.59 Å². The number of hydrogen-bond acceptors (Lipinski definition) is 7. The molecule has 1 unspecified atom stereocenters. The molecule has 8 heteroatoms. The first-order valence-electron chi connectivity index (χ1n) is 11.9. The third-order valence-electron chi connectivity index (χ3n) is 5.82. The molecule has 0 spiro atoms. The molecular formula is C29H26N2O4S2. The molecule has 0 bridgehead atoms. The quantitative estimate of drug-likeness (QED) is 0.321. The summed E-state index contributed by atoms with van der Waals surface area (Å²) in [4.78, 5) is 32.8. The second-order valence-electron chi connectivity index (χ2n) is 8.89. The number of thiophene rings is 1. The number of nitrogens with zero attached hydrogens (tertiary/aromatic N) is 2. The van der Waals surface area contributed by atoms with Crippen molar-refractivity contribution in [3.63, 3.8) is 0 Å². The molecule has 3 heterocycles. The summed E-state index contributed by atoms with van der Waals surface area (Å²) in [5.74, 6) is 0.305. The number of esters is 1. The Hall–Kier alpha value is -3.75. The number of benzene rings is 2. The van der Waals surface area contributed by atoms with Crippen molar-refractivity contribution in [1.29, 1.82) is 0 Å². The zero-order chi connectivity index (χ0) is 25.9. The molecule has 1 aliphatic rings. The van der Waals surface area contributed by atoms with Crippen molar-refractivity contribution in [3.8, 4) is 5.75 Å². The minimum absolute atomic E-state index is 0.186. The largest absolute Gasteiger partial charge is 0.489 e. The highest BCUT2D eigenvalue weighted by Crippen LogP contribution is 2.33. The Bertz CT molecular complexity index is 1610. The summed E-state index contributed by atoms with van der Waals surface area (Å²) >= 11 is 2.82. The summed E-state index contributed by atoms with van der Waals surface area (Å²) in [5.41, 5.74) is 2.75. The van der Waals surface area contributed by atoms with Crippen LogP contribution in [-0.4, -0.2) is 16.6 Å². The van der Waals surface area contributed by atoms with Crippen LogP contribution < -0.4 is 19.6 Å². The zero-order valence-corrected chi connectivity index (χ0v) is 22.3. The van der Waals surface area contributed by atoms with Crippen molar-refractivity contribution in [2.75, 3.05) is 0 Å². The fraction of sp³-hybridized carbons (Fsp3) is 0.207. The maximum atomic E-state index is 13.6. The maximum Gasteiger partial charge on any atom is 0.338 e. The first kappa shape index (κ1) is 24.9. The Kier molecular flexibility index (Phi) is 7.21. The van der Waals surface area contributed by atoms with Gasteiger partial charge in [-0.05, 0) is 61.6 Å². The van der Waals surface area contributed by atoms with Gasteiger partial charge in [-0.25, -0.2) is 9.79 Å². The monoisotopic (exact) mass is 530 g/mol. The van der Waals surface area contributed by atoms with Crippen molar-refractivity contribution >= 4 is 34.7 Å². The first-order valence-corrected chi connectivity index (χ1v) is 13.6. The van der Waals surface area contributed by atoms with E-state index in [1.54, 1.807) is 25.3 Å². The van der Waals surface area contributed by atoms with Crippen molar-refractivity contribution in [2.24, 2.45) is 4.99 Å². The average molecular weight is 531 g/mol. The number of fused-ring (bicyclic) bond motifs is 1. The van der Waals surface area contributed by atoms with Crippen LogP contribution in [0.15, 0.2) is 93.2 Å². The van der Waals surface area contributed by atoms with Crippen LogP contribution in [0.1, 0.15) is 42.8 Å². The number of hydrogen-bond donors (Lipinski definition) is 0. The van der Waals surface area contributed by atoms with Gasteiger partial charge in [0.05, 0.1) is 21.9 Å². The number of rotatable bonds is 7. The van der Waals surface area contributed by atoms with Crippen LogP contribution in [0.5, 0.6) is 5.75 Å². The summed E-state index contributed by atoms with van der Waals surface area (Å²) in [6, 6.07) is 20.9. The molecule has 2 aromatic heterocycles. The van der Waals surface area contributed by atoms with Gasteiger partial charge in [0.25, 0.3) is 5.56 Å². The summed E-state index contributed by atoms with van der Waals surface area (Å²) < 4.78 is 13.6. The minimum atomic E-state index is -0.571. The van der Waals surface area contributed by atoms with Gasteiger partial charge < -0.3 is 9.47 Å². The van der Waals surface area contributed by atoms with Gasteiger partial charge in [0.1, 0.15) is 18.4 Å². The van der Waals surface area contributed by atoms with Gasteiger partial charge in [-0.1, -0.05) is 59.9 Å². The van der Waals surface area contributed by atoms with Crippen molar-refractivity contribution in [1.82, 2.24) is 4.57 Å². The van der Waals surface area contributed by atoms with Gasteiger partial charge in [-0.15, -0.1) is 11.3 Å². The topological polar surface area (TPSA) is 69.9 Å². The highest BCUT2D eigenvalue weighted by atomic mass is 32.1. The average Bonchev–Trinajstić information content (AvgIpc) is 3.51. The van der Waals surface area contributed by atoms with Crippen LogP contribution in [0.2, 0.25) is 0 Å². The van der Waals surface area contributed by atoms with Crippen LogP contribution in [0, 0.1) is 0 Å². The highest BCUT2D eigenvalue weighted by Gasteiger charge is 2.34. The lowest BCUT2D eigenvalue weighted by Gasteiger charge is -2.24. The molecular weight excluding hydrogens is 504 g/mol. The van der Waals surface area contributed by atoms with Crippen molar-refractivity contribution in [3.05, 3.63) is 119 Å². The molecule has 0 saturated heterocycles. The Morgan fingerprint density at radius 1 is 1.08 bits per heavy atom. The molecule has 188 valence electrons. The third-order valence-corrected chi connectivity index (χ3v) is 7.73. The summed E-state index contributed by atoms with van der Waals surface area (Å²) in [7, 11) is 0. The molecule has 6 nitrogen and oxygen atoms in total. The first-order chi connectivity index (χ1) is 17.9. The van der Waals surface area contributed by atoms with Gasteiger partial charge in [0, 0.05) is 4.88 Å². The van der Waals surface area contributed by atoms with Crippen LogP contribution in [0.4, 0.5) is 0 Å². The summed E-state index contributed by atoms with van der Waals surface area (Å²) in [6.45, 7) is 5.90. The summed E-state index contributed by atoms with van der Waals surface area (Å²) in [6.07, 6.45) is 1.57. The lowest BCUT2D eigenvalue weighted by Crippen LogP contribution is -2.39. The molecule has 0 radical (unpaired) electrons. The minimum Gasteiger partial charge on any atom is -0.489 e. The third kappa shape index (κ3) is 5.35. The van der Waals surface area contributed by atoms with Gasteiger partial charge >= 0.3 is 5.97 Å². The van der Waals surface area contributed by atoms with E-state index < -0.39 is 12.0 Å². The molecule has 2 aromatic carbocycles. The van der Waals surface area contributed by atoms with Crippen LogP contribution in [0.3, 0.4) is 0 Å². The van der Waals surface area contributed by atoms with E-state index in [4.69, 9.17) is 9.47 Å². The maximum absolute atomic E-state index is 13.6. The number of carbonyl (C=O) groups excluding carboxylic acids is 1. The highest BCUT2D eigenvalue weighted by molar-refractivity contribution is 7.10. The second-order valence-corrected chi connectivity index (χ2v) is 10.9. The number of aromatic nitrogens is 1. The van der Waals surface area contributed by atoms with E-state index in [0.717, 1.165) is 21.8 Å². The SMILES string of the molecule is CC1=C(C(=O)OC(C)C)C(c2cccs2)n2c(s/c(=C\c3ccc(OCc4ccccc4)cc3)c2=O)=N1. The van der Waals surface area contributed by atoms with E-state index in [1.165, 1.54) is 22.7 Å². The lowest BCUT2D eigenvalue weighted by molar-refractivity contribution is -0.143. The van der Waals surface area contributed by atoms with E-state index in [-0.39, 0.29) is 11.7 Å².